The van der Waals surface area contributed by atoms with E-state index in [0.717, 1.165) is 5.56 Å². The number of benzene rings is 1. The third-order valence-electron chi connectivity index (χ3n) is 3.91. The topological polar surface area (TPSA) is 194 Å². The van der Waals surface area contributed by atoms with Gasteiger partial charge in [-0.15, -0.1) is 0 Å². The Labute approximate surface area is 178 Å². The van der Waals surface area contributed by atoms with Gasteiger partial charge >= 0.3 is 5.97 Å². The number of nitrogens with two attached hydrogens (primary N) is 2. The summed E-state index contributed by atoms with van der Waals surface area (Å²) in [6.07, 6.45) is -0.323. The number of nitrogens with one attached hydrogen (secondary N) is 3. The molecule has 0 saturated heterocycles. The maximum Gasteiger partial charge on any atom is 0.326 e. The van der Waals surface area contributed by atoms with Crippen LogP contribution in [0.15, 0.2) is 30.3 Å². The maximum atomic E-state index is 12.2. The van der Waals surface area contributed by atoms with Crippen LogP contribution >= 0.6 is 12.6 Å². The lowest BCUT2D eigenvalue weighted by molar-refractivity contribution is -0.143. The van der Waals surface area contributed by atoms with Crippen molar-refractivity contribution in [3.05, 3.63) is 35.9 Å². The van der Waals surface area contributed by atoms with Crippen molar-refractivity contribution in [3.8, 4) is 0 Å². The van der Waals surface area contributed by atoms with Crippen LogP contribution < -0.4 is 27.4 Å². The molecule has 3 unspecified atom stereocenters. The van der Waals surface area contributed by atoms with Crippen molar-refractivity contribution in [1.82, 2.24) is 16.0 Å². The van der Waals surface area contributed by atoms with E-state index in [2.05, 4.69) is 28.6 Å². The van der Waals surface area contributed by atoms with Gasteiger partial charge < -0.3 is 32.5 Å². The number of thiol groups is 1. The molecule has 164 valence electrons. The summed E-state index contributed by atoms with van der Waals surface area (Å²) < 4.78 is 0. The van der Waals surface area contributed by atoms with Crippen LogP contribution in [-0.4, -0.2) is 65.1 Å². The zero-order valence-electron chi connectivity index (χ0n) is 16.0. The molecule has 30 heavy (non-hydrogen) atoms. The number of carboxylic acid groups (broad SMARTS) is 1. The summed E-state index contributed by atoms with van der Waals surface area (Å²) in [6.45, 7) is -0.572. The van der Waals surface area contributed by atoms with Gasteiger partial charge in [0, 0.05) is 5.75 Å². The van der Waals surface area contributed by atoms with Crippen LogP contribution in [0.5, 0.6) is 0 Å². The first-order valence-corrected chi connectivity index (χ1v) is 9.56. The largest absolute Gasteiger partial charge is 0.480 e. The van der Waals surface area contributed by atoms with Gasteiger partial charge in [0.25, 0.3) is 0 Å². The lowest BCUT2D eigenvalue weighted by Gasteiger charge is -2.19. The summed E-state index contributed by atoms with van der Waals surface area (Å²) in [6, 6.07) is 5.63. The van der Waals surface area contributed by atoms with E-state index in [9.17, 15) is 24.0 Å². The number of hydrogen-bond donors (Lipinski definition) is 7. The van der Waals surface area contributed by atoms with E-state index in [4.69, 9.17) is 16.6 Å². The fraction of sp³-hybridized carbons (Fsp3) is 0.389. The van der Waals surface area contributed by atoms with E-state index in [-0.39, 0.29) is 12.2 Å². The van der Waals surface area contributed by atoms with Crippen molar-refractivity contribution >= 4 is 42.2 Å². The monoisotopic (exact) mass is 439 g/mol. The smallest absolute Gasteiger partial charge is 0.326 e. The highest BCUT2D eigenvalue weighted by molar-refractivity contribution is 7.80. The first-order chi connectivity index (χ1) is 14.1. The third-order valence-corrected chi connectivity index (χ3v) is 4.28. The van der Waals surface area contributed by atoms with Crippen LogP contribution in [0, 0.1) is 0 Å². The molecule has 0 aliphatic rings. The van der Waals surface area contributed by atoms with Gasteiger partial charge in [0.15, 0.2) is 0 Å². The standard InChI is InChI=1S/C18H25N5O6S/c19-11(6-10-4-2-1-3-5-10)16(26)23-13(9-30)17(27)21-8-15(25)22-12(18(28)29)7-14(20)24/h1-5,11-13,30H,6-9,19H2,(H2,20,24)(H,21,27)(H,22,25)(H,23,26)(H,28,29). The summed E-state index contributed by atoms with van der Waals surface area (Å²) in [5.74, 6) is -4.52. The Balaban J connectivity index is 2.53. The molecule has 0 aliphatic heterocycles. The highest BCUT2D eigenvalue weighted by Gasteiger charge is 2.25. The summed E-state index contributed by atoms with van der Waals surface area (Å²) in [5.41, 5.74) is 11.6. The second-order valence-corrected chi connectivity index (χ2v) is 6.75. The highest BCUT2D eigenvalue weighted by atomic mass is 32.1. The van der Waals surface area contributed by atoms with Crippen molar-refractivity contribution < 1.29 is 29.1 Å². The van der Waals surface area contributed by atoms with Crippen LogP contribution in [0.25, 0.3) is 0 Å². The fourth-order valence-electron chi connectivity index (χ4n) is 2.37. The van der Waals surface area contributed by atoms with E-state index >= 15 is 0 Å². The number of hydrogen-bond acceptors (Lipinski definition) is 7. The molecule has 0 radical (unpaired) electrons. The number of primary amides is 1. The van der Waals surface area contributed by atoms with Gasteiger partial charge in [-0.2, -0.15) is 12.6 Å². The molecule has 1 rings (SSSR count). The van der Waals surface area contributed by atoms with Crippen molar-refractivity contribution in [3.63, 3.8) is 0 Å². The molecule has 0 spiro atoms. The molecule has 0 aliphatic carbocycles. The van der Waals surface area contributed by atoms with Gasteiger partial charge in [0.1, 0.15) is 12.1 Å². The zero-order valence-corrected chi connectivity index (χ0v) is 16.9. The molecule has 0 heterocycles. The average molecular weight is 439 g/mol. The zero-order chi connectivity index (χ0) is 22.7. The van der Waals surface area contributed by atoms with Crippen LogP contribution in [0.2, 0.25) is 0 Å². The summed E-state index contributed by atoms with van der Waals surface area (Å²) in [4.78, 5) is 58.1. The van der Waals surface area contributed by atoms with Crippen molar-refractivity contribution in [1.29, 1.82) is 0 Å². The van der Waals surface area contributed by atoms with Gasteiger partial charge in [-0.05, 0) is 12.0 Å². The third kappa shape index (κ3) is 8.92. The lowest BCUT2D eigenvalue weighted by Crippen LogP contribution is -2.54. The minimum Gasteiger partial charge on any atom is -0.480 e. The van der Waals surface area contributed by atoms with E-state index in [1.54, 1.807) is 0 Å². The van der Waals surface area contributed by atoms with Gasteiger partial charge in [0.2, 0.25) is 23.6 Å². The van der Waals surface area contributed by atoms with Crippen LogP contribution in [0.4, 0.5) is 0 Å². The molecule has 0 aromatic heterocycles. The number of amides is 4. The predicted octanol–water partition coefficient (Wildman–Crippen LogP) is -2.47. The molecule has 0 fully saturated rings. The van der Waals surface area contributed by atoms with Crippen LogP contribution in [-0.2, 0) is 30.4 Å². The van der Waals surface area contributed by atoms with Crippen molar-refractivity contribution in [2.45, 2.75) is 31.0 Å². The van der Waals surface area contributed by atoms with E-state index < -0.39 is 60.7 Å². The number of carbonyl (C=O) groups is 5. The van der Waals surface area contributed by atoms with Crippen molar-refractivity contribution in [2.75, 3.05) is 12.3 Å². The number of carboxylic acids is 1. The molecule has 0 bridgehead atoms. The molecule has 4 amide bonds. The second-order valence-electron chi connectivity index (χ2n) is 6.39. The second kappa shape index (κ2) is 12.4. The quantitative estimate of drug-likeness (QED) is 0.175. The van der Waals surface area contributed by atoms with E-state index in [1.165, 1.54) is 0 Å². The first-order valence-electron chi connectivity index (χ1n) is 8.93. The summed E-state index contributed by atoms with van der Waals surface area (Å²) in [7, 11) is 0. The molecule has 11 nitrogen and oxygen atoms in total. The Morgan fingerprint density at radius 2 is 1.63 bits per heavy atom. The summed E-state index contributed by atoms with van der Waals surface area (Å²) in [5, 5.41) is 15.7. The maximum absolute atomic E-state index is 12.2. The molecule has 1 aromatic carbocycles. The Bertz CT molecular complexity index is 776. The Morgan fingerprint density at radius 3 is 2.17 bits per heavy atom. The molecule has 12 heteroatoms. The average Bonchev–Trinajstić information content (AvgIpc) is 2.69. The van der Waals surface area contributed by atoms with Gasteiger partial charge in [-0.3, -0.25) is 19.2 Å². The molecule has 0 saturated carbocycles. The normalized spacial score (nSPS) is 13.4. The molecule has 8 N–H and O–H groups in total. The minimum absolute atomic E-state index is 0.0589. The molecular weight excluding hydrogens is 414 g/mol. The van der Waals surface area contributed by atoms with Crippen LogP contribution in [0.1, 0.15) is 12.0 Å². The van der Waals surface area contributed by atoms with Gasteiger partial charge in [0.05, 0.1) is 19.0 Å². The van der Waals surface area contributed by atoms with E-state index in [1.807, 2.05) is 30.3 Å². The Morgan fingerprint density at radius 1 is 1.00 bits per heavy atom. The fourth-order valence-corrected chi connectivity index (χ4v) is 2.63. The minimum atomic E-state index is -1.51. The highest BCUT2D eigenvalue weighted by Crippen LogP contribution is 2.02. The predicted molar refractivity (Wildman–Crippen MR) is 110 cm³/mol. The summed E-state index contributed by atoms with van der Waals surface area (Å²) >= 11 is 4.02. The molecule has 3 atom stereocenters. The molecular formula is C18H25N5O6S. The molecule has 1 aromatic rings. The lowest BCUT2D eigenvalue weighted by atomic mass is 10.1. The number of aliphatic carboxylic acids is 1. The number of rotatable bonds is 12. The first kappa shape index (κ1) is 24.9. The Hall–Kier alpha value is -3.12. The van der Waals surface area contributed by atoms with E-state index in [0.29, 0.717) is 0 Å². The van der Waals surface area contributed by atoms with Gasteiger partial charge in [-0.25, -0.2) is 4.79 Å². The van der Waals surface area contributed by atoms with Gasteiger partial charge in [-0.1, -0.05) is 30.3 Å². The van der Waals surface area contributed by atoms with Crippen LogP contribution in [0.3, 0.4) is 0 Å². The Kier molecular flexibility index (Phi) is 10.3. The number of carbonyl (C=O) groups excluding carboxylic acids is 4. The van der Waals surface area contributed by atoms with Crippen molar-refractivity contribution in [2.24, 2.45) is 11.5 Å². The SMILES string of the molecule is NC(=O)CC(NC(=O)CNC(=O)C(CS)NC(=O)C(N)Cc1ccccc1)C(=O)O.